The second kappa shape index (κ2) is 5.83. The Morgan fingerprint density at radius 2 is 2.17 bits per heavy atom. The molecule has 0 N–H and O–H groups in total. The van der Waals surface area contributed by atoms with Crippen LogP contribution in [0.1, 0.15) is 24.9 Å². The highest BCUT2D eigenvalue weighted by atomic mass is 16.5. The van der Waals surface area contributed by atoms with E-state index in [1.807, 2.05) is 18.2 Å². The normalized spacial score (nSPS) is 20.9. The Morgan fingerprint density at radius 3 is 2.83 bits per heavy atom. The first-order valence-electron chi connectivity index (χ1n) is 6.26. The summed E-state index contributed by atoms with van der Waals surface area (Å²) in [4.78, 5) is 13.7. The van der Waals surface area contributed by atoms with Crippen LogP contribution in [-0.2, 0) is 9.53 Å². The van der Waals surface area contributed by atoms with Crippen molar-refractivity contribution in [1.29, 1.82) is 0 Å². The highest BCUT2D eigenvalue weighted by Crippen LogP contribution is 2.27. The van der Waals surface area contributed by atoms with Gasteiger partial charge in [-0.15, -0.1) is 0 Å². The van der Waals surface area contributed by atoms with Crippen molar-refractivity contribution in [2.45, 2.75) is 25.4 Å². The van der Waals surface area contributed by atoms with Crippen LogP contribution in [0, 0.1) is 0 Å². The molecule has 0 spiro atoms. The van der Waals surface area contributed by atoms with Crippen molar-refractivity contribution in [3.05, 3.63) is 48.0 Å². The topological polar surface area (TPSA) is 29.5 Å². The highest BCUT2D eigenvalue weighted by molar-refractivity contribution is 5.70. The van der Waals surface area contributed by atoms with Crippen molar-refractivity contribution in [1.82, 2.24) is 4.90 Å². The van der Waals surface area contributed by atoms with Crippen LogP contribution in [0.25, 0.3) is 0 Å². The van der Waals surface area contributed by atoms with Crippen molar-refractivity contribution in [3.8, 4) is 0 Å². The van der Waals surface area contributed by atoms with Gasteiger partial charge < -0.3 is 4.74 Å². The van der Waals surface area contributed by atoms with Crippen LogP contribution in [0.5, 0.6) is 0 Å². The Kier molecular flexibility index (Phi) is 4.15. The molecule has 1 aromatic rings. The fourth-order valence-electron chi connectivity index (χ4n) is 2.39. The Balaban J connectivity index is 2.06. The van der Waals surface area contributed by atoms with Crippen molar-refractivity contribution in [3.63, 3.8) is 0 Å². The molecule has 3 heteroatoms. The van der Waals surface area contributed by atoms with Gasteiger partial charge in [-0.25, -0.2) is 0 Å². The van der Waals surface area contributed by atoms with Crippen LogP contribution < -0.4 is 0 Å². The fourth-order valence-corrected chi connectivity index (χ4v) is 2.39. The van der Waals surface area contributed by atoms with Gasteiger partial charge in [0.25, 0.3) is 0 Å². The summed E-state index contributed by atoms with van der Waals surface area (Å²) in [6.45, 7) is 3.06. The monoisotopic (exact) mass is 245 g/mol. The van der Waals surface area contributed by atoms with Crippen LogP contribution in [0.3, 0.4) is 0 Å². The molecule has 1 aliphatic rings. The van der Waals surface area contributed by atoms with E-state index >= 15 is 0 Å². The number of rotatable bonds is 4. The number of carbonyl (C=O) groups is 1. The largest absolute Gasteiger partial charge is 0.469 e. The molecule has 0 amide bonds. The van der Waals surface area contributed by atoms with Gasteiger partial charge in [0.15, 0.2) is 0 Å². The van der Waals surface area contributed by atoms with Gasteiger partial charge in [-0.3, -0.25) is 9.69 Å². The Hall–Kier alpha value is -1.61. The summed E-state index contributed by atoms with van der Waals surface area (Å²) >= 11 is 0. The molecule has 0 saturated carbocycles. The van der Waals surface area contributed by atoms with E-state index in [4.69, 9.17) is 4.74 Å². The molecule has 0 saturated heterocycles. The lowest BCUT2D eigenvalue weighted by Gasteiger charge is -2.30. The number of hydrogen-bond donors (Lipinski definition) is 0. The molecule has 0 aromatic heterocycles. The fraction of sp³-hybridized carbons (Fsp3) is 0.400. The average molecular weight is 245 g/mol. The number of ether oxygens (including phenoxy) is 1. The highest BCUT2D eigenvalue weighted by Gasteiger charge is 2.27. The van der Waals surface area contributed by atoms with Crippen molar-refractivity contribution < 1.29 is 9.53 Å². The molecule has 0 radical (unpaired) electrons. The van der Waals surface area contributed by atoms with Crippen molar-refractivity contribution >= 4 is 5.97 Å². The van der Waals surface area contributed by atoms with E-state index in [2.05, 4.69) is 36.1 Å². The SMILES string of the molecule is COC(=O)C[C@H]1C=CCN1[C@H](C)c1ccccc1. The summed E-state index contributed by atoms with van der Waals surface area (Å²) < 4.78 is 4.75. The molecular weight excluding hydrogens is 226 g/mol. The third kappa shape index (κ3) is 2.79. The number of hydrogen-bond acceptors (Lipinski definition) is 3. The lowest BCUT2D eigenvalue weighted by Crippen LogP contribution is -2.34. The second-order valence-electron chi connectivity index (χ2n) is 4.56. The summed E-state index contributed by atoms with van der Waals surface area (Å²) in [6.07, 6.45) is 4.63. The maximum absolute atomic E-state index is 11.4. The van der Waals surface area contributed by atoms with Crippen LogP contribution in [0.15, 0.2) is 42.5 Å². The first-order valence-corrected chi connectivity index (χ1v) is 6.26. The average Bonchev–Trinajstić information content (AvgIpc) is 2.86. The lowest BCUT2D eigenvalue weighted by atomic mass is 10.1. The zero-order valence-electron chi connectivity index (χ0n) is 10.9. The third-order valence-electron chi connectivity index (χ3n) is 3.48. The second-order valence-corrected chi connectivity index (χ2v) is 4.56. The standard InChI is InChI=1S/C15H19NO2/c1-12(13-7-4-3-5-8-13)16-10-6-9-14(16)11-15(17)18-2/h3-9,12,14H,10-11H2,1-2H3/t12-,14-/m1/s1. The van der Waals surface area contributed by atoms with E-state index in [1.54, 1.807) is 0 Å². The Morgan fingerprint density at radius 1 is 1.44 bits per heavy atom. The molecular formula is C15H19NO2. The van der Waals surface area contributed by atoms with E-state index < -0.39 is 0 Å². The summed E-state index contributed by atoms with van der Waals surface area (Å²) in [7, 11) is 1.44. The molecule has 3 nitrogen and oxygen atoms in total. The van der Waals surface area contributed by atoms with Gasteiger partial charge in [0.1, 0.15) is 0 Å². The lowest BCUT2D eigenvalue weighted by molar-refractivity contribution is -0.141. The predicted molar refractivity (Wildman–Crippen MR) is 71.1 cm³/mol. The molecule has 1 heterocycles. The van der Waals surface area contributed by atoms with Crippen LogP contribution >= 0.6 is 0 Å². The number of methoxy groups -OCH3 is 1. The maximum atomic E-state index is 11.4. The van der Waals surface area contributed by atoms with E-state index in [0.29, 0.717) is 12.5 Å². The van der Waals surface area contributed by atoms with Crippen molar-refractivity contribution in [2.24, 2.45) is 0 Å². The maximum Gasteiger partial charge on any atom is 0.307 e. The molecule has 1 aromatic carbocycles. The summed E-state index contributed by atoms with van der Waals surface area (Å²) in [6, 6.07) is 10.8. The van der Waals surface area contributed by atoms with Crippen LogP contribution in [0.2, 0.25) is 0 Å². The first kappa shape index (κ1) is 12.8. The molecule has 0 bridgehead atoms. The van der Waals surface area contributed by atoms with Gasteiger partial charge in [0.05, 0.1) is 13.5 Å². The zero-order valence-corrected chi connectivity index (χ0v) is 10.9. The zero-order chi connectivity index (χ0) is 13.0. The molecule has 2 atom stereocenters. The van der Waals surface area contributed by atoms with Crippen LogP contribution in [-0.4, -0.2) is 30.6 Å². The number of nitrogens with zero attached hydrogens (tertiary/aromatic N) is 1. The number of carbonyl (C=O) groups excluding carboxylic acids is 1. The summed E-state index contributed by atoms with van der Waals surface area (Å²) in [5.41, 5.74) is 1.27. The van der Waals surface area contributed by atoms with Crippen molar-refractivity contribution in [2.75, 3.05) is 13.7 Å². The molecule has 96 valence electrons. The van der Waals surface area contributed by atoms with Gasteiger partial charge in [-0.05, 0) is 12.5 Å². The minimum Gasteiger partial charge on any atom is -0.469 e. The van der Waals surface area contributed by atoms with Gasteiger partial charge in [-0.2, -0.15) is 0 Å². The number of benzene rings is 1. The molecule has 0 aliphatic carbocycles. The first-order chi connectivity index (χ1) is 8.72. The number of esters is 1. The van der Waals surface area contributed by atoms with E-state index in [9.17, 15) is 4.79 Å². The van der Waals surface area contributed by atoms with E-state index in [1.165, 1.54) is 12.7 Å². The van der Waals surface area contributed by atoms with Gasteiger partial charge in [0, 0.05) is 18.6 Å². The minimum atomic E-state index is -0.156. The van der Waals surface area contributed by atoms with E-state index in [-0.39, 0.29) is 12.0 Å². The van der Waals surface area contributed by atoms with Crippen LogP contribution in [0.4, 0.5) is 0 Å². The Labute approximate surface area is 108 Å². The van der Waals surface area contributed by atoms with Gasteiger partial charge >= 0.3 is 5.97 Å². The molecule has 18 heavy (non-hydrogen) atoms. The quantitative estimate of drug-likeness (QED) is 0.603. The summed E-state index contributed by atoms with van der Waals surface area (Å²) in [5, 5.41) is 0. The smallest absolute Gasteiger partial charge is 0.307 e. The molecule has 1 aliphatic heterocycles. The van der Waals surface area contributed by atoms with Gasteiger partial charge in [-0.1, -0.05) is 42.5 Å². The van der Waals surface area contributed by atoms with Gasteiger partial charge in [0.2, 0.25) is 0 Å². The van der Waals surface area contributed by atoms with E-state index in [0.717, 1.165) is 6.54 Å². The summed E-state index contributed by atoms with van der Waals surface area (Å²) in [5.74, 6) is -0.156. The molecule has 2 rings (SSSR count). The third-order valence-corrected chi connectivity index (χ3v) is 3.48. The molecule has 0 unspecified atom stereocenters. The molecule has 0 fully saturated rings. The Bertz CT molecular complexity index is 427. The minimum absolute atomic E-state index is 0.146. The predicted octanol–water partition coefficient (Wildman–Crippen LogP) is 2.55.